The van der Waals surface area contributed by atoms with Crippen molar-refractivity contribution in [1.29, 1.82) is 0 Å². The number of aromatic nitrogens is 3. The van der Waals surface area contributed by atoms with Crippen LogP contribution in [0.2, 0.25) is 0 Å². The highest BCUT2D eigenvalue weighted by atomic mass is 32.2. The molecule has 168 valence electrons. The quantitative estimate of drug-likeness (QED) is 0.483. The van der Waals surface area contributed by atoms with Gasteiger partial charge in [-0.1, -0.05) is 17.8 Å². The van der Waals surface area contributed by atoms with E-state index in [1.165, 1.54) is 11.8 Å². The van der Waals surface area contributed by atoms with Gasteiger partial charge in [0.2, 0.25) is 5.91 Å². The van der Waals surface area contributed by atoms with Gasteiger partial charge in [-0.3, -0.25) is 4.79 Å². The molecule has 0 N–H and O–H groups in total. The van der Waals surface area contributed by atoms with Crippen LogP contribution in [0.25, 0.3) is 20.5 Å². The summed E-state index contributed by atoms with van der Waals surface area (Å²) in [5, 5.41) is 12.4. The summed E-state index contributed by atoms with van der Waals surface area (Å²) in [4.78, 5) is 34.5. The molecule has 0 bridgehead atoms. The van der Waals surface area contributed by atoms with E-state index in [2.05, 4.69) is 21.2 Å². The number of hydrogen-bond donors (Lipinski definition) is 0. The largest absolute Gasteiger partial charge is 0.450 e. The third kappa shape index (κ3) is 5.28. The fourth-order valence-electron chi connectivity index (χ4n) is 3.24. The predicted molar refractivity (Wildman–Crippen MR) is 127 cm³/mol. The Balaban J connectivity index is 1.30. The van der Waals surface area contributed by atoms with Gasteiger partial charge in [-0.05, 0) is 37.4 Å². The van der Waals surface area contributed by atoms with Crippen molar-refractivity contribution in [2.24, 2.45) is 0 Å². The number of amides is 2. The molecule has 4 rings (SSSR count). The molecule has 4 heterocycles. The van der Waals surface area contributed by atoms with Crippen LogP contribution < -0.4 is 0 Å². The lowest BCUT2D eigenvalue weighted by atomic mass is 10.3. The van der Waals surface area contributed by atoms with E-state index < -0.39 is 0 Å². The number of carbonyl (C=O) groups is 2. The van der Waals surface area contributed by atoms with E-state index in [4.69, 9.17) is 4.74 Å². The van der Waals surface area contributed by atoms with E-state index in [-0.39, 0.29) is 17.8 Å². The minimum Gasteiger partial charge on any atom is -0.450 e. The van der Waals surface area contributed by atoms with E-state index in [1.54, 1.807) is 39.4 Å². The van der Waals surface area contributed by atoms with Gasteiger partial charge in [0.1, 0.15) is 15.7 Å². The molecule has 0 atom stereocenters. The van der Waals surface area contributed by atoms with Gasteiger partial charge < -0.3 is 14.5 Å². The van der Waals surface area contributed by atoms with Gasteiger partial charge >= 0.3 is 6.09 Å². The maximum atomic E-state index is 12.5. The van der Waals surface area contributed by atoms with Crippen molar-refractivity contribution >= 4 is 46.4 Å². The first kappa shape index (κ1) is 22.7. The van der Waals surface area contributed by atoms with Crippen LogP contribution in [0.1, 0.15) is 12.6 Å². The molecule has 1 aliphatic rings. The average Bonchev–Trinajstić information content (AvgIpc) is 3.48. The number of hydrogen-bond acceptors (Lipinski definition) is 9. The fourth-order valence-corrected chi connectivity index (χ4v) is 5.78. The summed E-state index contributed by atoms with van der Waals surface area (Å²) in [5.74, 6) is 0.318. The highest BCUT2D eigenvalue weighted by molar-refractivity contribution is 7.99. The topological polar surface area (TPSA) is 88.5 Å². The number of piperazine rings is 1. The van der Waals surface area contributed by atoms with E-state index in [0.717, 1.165) is 26.1 Å². The molecule has 1 saturated heterocycles. The number of aryl methyl sites for hydroxylation is 1. The van der Waals surface area contributed by atoms with E-state index >= 15 is 0 Å². The minimum absolute atomic E-state index is 0.0308. The molecule has 11 heteroatoms. The van der Waals surface area contributed by atoms with E-state index in [0.29, 0.717) is 37.8 Å². The van der Waals surface area contributed by atoms with Crippen LogP contribution in [0, 0.1) is 6.92 Å². The Morgan fingerprint density at radius 2 is 1.91 bits per heavy atom. The zero-order valence-electron chi connectivity index (χ0n) is 17.8. The van der Waals surface area contributed by atoms with Crippen LogP contribution >= 0.6 is 34.4 Å². The second-order valence-electron chi connectivity index (χ2n) is 7.02. The van der Waals surface area contributed by atoms with Crippen LogP contribution in [-0.4, -0.2) is 75.5 Å². The second kappa shape index (κ2) is 10.4. The molecule has 1 fully saturated rings. The maximum absolute atomic E-state index is 12.5. The standard InChI is InChI=1S/C21H23N5O3S3/c1-3-29-21(28)26-10-8-25(9-11-26)18(27)13-31-17-7-6-15(23-24-17)19-14(2)22-20(32-19)16-5-4-12-30-16/h4-7,12H,3,8-11,13H2,1-2H3. The Morgan fingerprint density at radius 1 is 1.12 bits per heavy atom. The van der Waals surface area contributed by atoms with E-state index in [9.17, 15) is 9.59 Å². The second-order valence-corrected chi connectivity index (χ2v) is 9.97. The summed E-state index contributed by atoms with van der Waals surface area (Å²) < 4.78 is 5.01. The molecule has 3 aromatic heterocycles. The van der Waals surface area contributed by atoms with Gasteiger partial charge in [0.05, 0.1) is 27.8 Å². The number of thioether (sulfide) groups is 1. The average molecular weight is 490 g/mol. The number of carbonyl (C=O) groups excluding carboxylic acids is 2. The summed E-state index contributed by atoms with van der Waals surface area (Å²) in [6, 6.07) is 7.90. The van der Waals surface area contributed by atoms with Crippen LogP contribution in [-0.2, 0) is 9.53 Å². The molecule has 0 aromatic carbocycles. The van der Waals surface area contributed by atoms with Gasteiger partial charge in [-0.15, -0.1) is 32.9 Å². The zero-order valence-corrected chi connectivity index (χ0v) is 20.3. The lowest BCUT2D eigenvalue weighted by molar-refractivity contribution is -0.129. The third-order valence-corrected chi connectivity index (χ3v) is 8.03. The molecule has 0 unspecified atom stereocenters. The van der Waals surface area contributed by atoms with Gasteiger partial charge in [-0.2, -0.15) is 0 Å². The first-order valence-corrected chi connectivity index (χ1v) is 12.9. The molecule has 2 amide bonds. The molecule has 0 radical (unpaired) electrons. The number of rotatable bonds is 6. The summed E-state index contributed by atoms with van der Waals surface area (Å²) in [5.41, 5.74) is 1.72. The monoisotopic (exact) mass is 489 g/mol. The molecule has 3 aromatic rings. The van der Waals surface area contributed by atoms with E-state index in [1.807, 2.05) is 30.5 Å². The third-order valence-electron chi connectivity index (χ3n) is 4.90. The minimum atomic E-state index is -0.317. The summed E-state index contributed by atoms with van der Waals surface area (Å²) in [6.07, 6.45) is -0.317. The molecule has 0 aliphatic carbocycles. The molecule has 32 heavy (non-hydrogen) atoms. The fraction of sp³-hybridized carbons (Fsp3) is 0.381. The highest BCUT2D eigenvalue weighted by Crippen LogP contribution is 2.36. The SMILES string of the molecule is CCOC(=O)N1CCN(C(=O)CSc2ccc(-c3sc(-c4cccs4)nc3C)nn2)CC1. The molecular formula is C21H23N5O3S3. The van der Waals surface area contributed by atoms with Gasteiger partial charge in [0.15, 0.2) is 0 Å². The number of nitrogens with zero attached hydrogens (tertiary/aromatic N) is 5. The van der Waals surface area contributed by atoms with Crippen molar-refractivity contribution in [2.45, 2.75) is 18.9 Å². The van der Waals surface area contributed by atoms with Crippen molar-refractivity contribution in [3.05, 3.63) is 35.3 Å². The number of thiazole rings is 1. The number of ether oxygens (including phenoxy) is 1. The zero-order chi connectivity index (χ0) is 22.5. The molecule has 1 aliphatic heterocycles. The van der Waals surface area contributed by atoms with Crippen LogP contribution in [0.3, 0.4) is 0 Å². The lowest BCUT2D eigenvalue weighted by Crippen LogP contribution is -2.51. The van der Waals surface area contributed by atoms with Gasteiger partial charge in [0.25, 0.3) is 0 Å². The Hall–Kier alpha value is -2.50. The van der Waals surface area contributed by atoms with Crippen LogP contribution in [0.5, 0.6) is 0 Å². The molecular weight excluding hydrogens is 466 g/mol. The first-order chi connectivity index (χ1) is 15.5. The summed E-state index contributed by atoms with van der Waals surface area (Å²) >= 11 is 4.65. The highest BCUT2D eigenvalue weighted by Gasteiger charge is 2.24. The lowest BCUT2D eigenvalue weighted by Gasteiger charge is -2.34. The predicted octanol–water partition coefficient (Wildman–Crippen LogP) is 4.03. The van der Waals surface area contributed by atoms with Crippen molar-refractivity contribution < 1.29 is 14.3 Å². The van der Waals surface area contributed by atoms with Crippen molar-refractivity contribution in [3.63, 3.8) is 0 Å². The molecule has 8 nitrogen and oxygen atoms in total. The Labute approximate surface area is 198 Å². The maximum Gasteiger partial charge on any atom is 0.409 e. The number of thiophene rings is 1. The van der Waals surface area contributed by atoms with Gasteiger partial charge in [0, 0.05) is 26.2 Å². The van der Waals surface area contributed by atoms with Crippen molar-refractivity contribution in [3.8, 4) is 20.5 Å². The Kier molecular flexibility index (Phi) is 7.38. The van der Waals surface area contributed by atoms with Crippen LogP contribution in [0.4, 0.5) is 4.79 Å². The Morgan fingerprint density at radius 3 is 2.56 bits per heavy atom. The van der Waals surface area contributed by atoms with Crippen molar-refractivity contribution in [2.75, 3.05) is 38.5 Å². The van der Waals surface area contributed by atoms with Crippen LogP contribution in [0.15, 0.2) is 34.7 Å². The first-order valence-electron chi connectivity index (χ1n) is 10.2. The normalized spacial score (nSPS) is 13.9. The van der Waals surface area contributed by atoms with Gasteiger partial charge in [-0.25, -0.2) is 9.78 Å². The smallest absolute Gasteiger partial charge is 0.409 e. The summed E-state index contributed by atoms with van der Waals surface area (Å²) in [7, 11) is 0. The summed E-state index contributed by atoms with van der Waals surface area (Å²) in [6.45, 7) is 6.13. The van der Waals surface area contributed by atoms with Crippen molar-refractivity contribution in [1.82, 2.24) is 25.0 Å². The Bertz CT molecular complexity index is 1060. The molecule has 0 spiro atoms. The molecule has 0 saturated carbocycles.